The van der Waals surface area contributed by atoms with E-state index in [0.29, 0.717) is 11.4 Å². The van der Waals surface area contributed by atoms with Gasteiger partial charge in [0.05, 0.1) is 11.4 Å². The summed E-state index contributed by atoms with van der Waals surface area (Å²) >= 11 is 0. The maximum absolute atomic E-state index is 7.06. The first-order valence-electron chi connectivity index (χ1n) is 12.4. The molecule has 6 aromatic rings. The van der Waals surface area contributed by atoms with E-state index in [2.05, 4.69) is 89.8 Å². The third kappa shape index (κ3) is 4.17. The highest BCUT2D eigenvalue weighted by molar-refractivity contribution is 6.04. The quantitative estimate of drug-likeness (QED) is 0.244. The van der Waals surface area contributed by atoms with Gasteiger partial charge in [0.2, 0.25) is 0 Å². The number of para-hydroxylation sites is 2. The Balaban J connectivity index is 1.67. The number of nitrogens with zero attached hydrogens (tertiary/aromatic N) is 1. The molecule has 3 heteroatoms. The summed E-state index contributed by atoms with van der Waals surface area (Å²) in [6.07, 6.45) is 0. The molecule has 0 bridgehead atoms. The zero-order valence-corrected chi connectivity index (χ0v) is 20.4. The van der Waals surface area contributed by atoms with Gasteiger partial charge in [-0.15, -0.1) is 0 Å². The second-order valence-electron chi connectivity index (χ2n) is 9.08. The summed E-state index contributed by atoms with van der Waals surface area (Å²) in [6, 6.07) is 47.7. The van der Waals surface area contributed by atoms with E-state index >= 15 is 0 Å². The van der Waals surface area contributed by atoms with Gasteiger partial charge in [-0.3, -0.25) is 0 Å². The number of benzene rings is 6. The number of fused-ring (bicyclic) bond motifs is 1. The fraction of sp³-hybridized carbons (Fsp3) is 0. The van der Waals surface area contributed by atoms with Crippen LogP contribution in [0.25, 0.3) is 33.0 Å². The lowest BCUT2D eigenvalue weighted by Crippen LogP contribution is -2.14. The number of hydrogen-bond donors (Lipinski definition) is 2. The molecule has 0 aromatic heterocycles. The Morgan fingerprint density at radius 2 is 0.973 bits per heavy atom. The number of nitrogens with two attached hydrogens (primary N) is 2. The van der Waals surface area contributed by atoms with Crippen LogP contribution in [-0.2, 0) is 0 Å². The van der Waals surface area contributed by atoms with Crippen molar-refractivity contribution in [2.45, 2.75) is 0 Å². The molecule has 3 nitrogen and oxygen atoms in total. The molecule has 0 saturated carbocycles. The summed E-state index contributed by atoms with van der Waals surface area (Å²) in [6.45, 7) is 0. The van der Waals surface area contributed by atoms with Gasteiger partial charge in [0, 0.05) is 28.2 Å². The highest BCUT2D eigenvalue weighted by Gasteiger charge is 2.22. The first kappa shape index (κ1) is 22.4. The van der Waals surface area contributed by atoms with Crippen molar-refractivity contribution in [2.75, 3.05) is 16.4 Å². The van der Waals surface area contributed by atoms with Crippen LogP contribution in [0.4, 0.5) is 28.4 Å². The Labute approximate surface area is 217 Å². The smallest absolute Gasteiger partial charge is 0.0705 e. The summed E-state index contributed by atoms with van der Waals surface area (Å²) in [5.41, 5.74) is 22.1. The fourth-order valence-corrected chi connectivity index (χ4v) is 4.98. The molecule has 0 heterocycles. The molecule has 6 aromatic carbocycles. The summed E-state index contributed by atoms with van der Waals surface area (Å²) in [5.74, 6) is 0. The zero-order chi connectivity index (χ0) is 25.2. The zero-order valence-electron chi connectivity index (χ0n) is 20.4. The van der Waals surface area contributed by atoms with Crippen molar-refractivity contribution in [2.24, 2.45) is 0 Å². The molecule has 0 saturated heterocycles. The maximum Gasteiger partial charge on any atom is 0.0705 e. The van der Waals surface area contributed by atoms with Gasteiger partial charge >= 0.3 is 0 Å². The Morgan fingerprint density at radius 1 is 0.432 bits per heavy atom. The van der Waals surface area contributed by atoms with Crippen molar-refractivity contribution >= 4 is 39.2 Å². The lowest BCUT2D eigenvalue weighted by atomic mass is 9.92. The first-order chi connectivity index (χ1) is 18.2. The van der Waals surface area contributed by atoms with E-state index in [-0.39, 0.29) is 0 Å². The topological polar surface area (TPSA) is 55.3 Å². The Hall–Kier alpha value is -5.02. The average Bonchev–Trinajstić information content (AvgIpc) is 2.96. The van der Waals surface area contributed by atoms with Crippen molar-refractivity contribution in [3.05, 3.63) is 140 Å². The van der Waals surface area contributed by atoms with Gasteiger partial charge in [-0.25, -0.2) is 0 Å². The van der Waals surface area contributed by atoms with Crippen LogP contribution in [0.5, 0.6) is 0 Å². The van der Waals surface area contributed by atoms with E-state index in [1.165, 1.54) is 5.39 Å². The lowest BCUT2D eigenvalue weighted by molar-refractivity contribution is 1.29. The van der Waals surface area contributed by atoms with E-state index < -0.39 is 0 Å². The van der Waals surface area contributed by atoms with Crippen LogP contribution in [0.3, 0.4) is 0 Å². The summed E-state index contributed by atoms with van der Waals surface area (Å²) in [4.78, 5) is 2.20. The summed E-state index contributed by atoms with van der Waals surface area (Å²) in [5, 5.41) is 2.33. The minimum atomic E-state index is 0.639. The number of rotatable bonds is 5. The molecular formula is C34H27N3. The number of hydrogen-bond acceptors (Lipinski definition) is 3. The van der Waals surface area contributed by atoms with E-state index in [4.69, 9.17) is 11.5 Å². The van der Waals surface area contributed by atoms with E-state index in [0.717, 1.165) is 44.7 Å². The predicted molar refractivity (Wildman–Crippen MR) is 158 cm³/mol. The number of anilines is 5. The Kier molecular flexibility index (Phi) is 5.80. The largest absolute Gasteiger partial charge is 0.398 e. The third-order valence-corrected chi connectivity index (χ3v) is 6.78. The third-order valence-electron chi connectivity index (χ3n) is 6.78. The first-order valence-corrected chi connectivity index (χ1v) is 12.4. The van der Waals surface area contributed by atoms with Crippen LogP contribution >= 0.6 is 0 Å². The molecule has 178 valence electrons. The molecule has 0 amide bonds. The van der Waals surface area contributed by atoms with Crippen molar-refractivity contribution in [3.63, 3.8) is 0 Å². The Bertz CT molecular complexity index is 1640. The number of nitrogen functional groups attached to an aromatic ring is 2. The normalized spacial score (nSPS) is 10.9. The molecule has 0 aliphatic heterocycles. The molecule has 4 N–H and O–H groups in total. The second-order valence-corrected chi connectivity index (χ2v) is 9.08. The molecule has 0 fully saturated rings. The molecule has 37 heavy (non-hydrogen) atoms. The maximum atomic E-state index is 7.06. The van der Waals surface area contributed by atoms with Crippen molar-refractivity contribution in [3.8, 4) is 22.3 Å². The van der Waals surface area contributed by atoms with Gasteiger partial charge in [0.1, 0.15) is 0 Å². The summed E-state index contributed by atoms with van der Waals surface area (Å²) < 4.78 is 0. The molecule has 0 radical (unpaired) electrons. The van der Waals surface area contributed by atoms with Crippen LogP contribution in [0.1, 0.15) is 0 Å². The van der Waals surface area contributed by atoms with Gasteiger partial charge in [0.25, 0.3) is 0 Å². The minimum Gasteiger partial charge on any atom is -0.398 e. The Morgan fingerprint density at radius 3 is 1.59 bits per heavy atom. The van der Waals surface area contributed by atoms with Crippen molar-refractivity contribution < 1.29 is 0 Å². The molecule has 6 rings (SSSR count). The molecule has 0 spiro atoms. The van der Waals surface area contributed by atoms with Gasteiger partial charge in [-0.1, -0.05) is 103 Å². The predicted octanol–water partition coefficient (Wildman–Crippen LogP) is 8.81. The lowest BCUT2D eigenvalue weighted by Gasteiger charge is -2.29. The minimum absolute atomic E-state index is 0.639. The van der Waals surface area contributed by atoms with Crippen LogP contribution in [0.15, 0.2) is 140 Å². The highest BCUT2D eigenvalue weighted by atomic mass is 15.2. The fourth-order valence-electron chi connectivity index (χ4n) is 4.98. The molecule has 0 aliphatic rings. The standard InChI is InChI=1S/C34H27N3/c35-33-30(25-13-4-1-5-14-25)23-31(37(28-16-6-2-7-17-28)29-18-8-3-9-19-29)34(36)32(33)27-21-20-24-12-10-11-15-26(24)22-27/h1-23H,35-36H2. The average molecular weight is 478 g/mol. The van der Waals surface area contributed by atoms with Crippen LogP contribution in [-0.4, -0.2) is 0 Å². The van der Waals surface area contributed by atoms with Crippen LogP contribution < -0.4 is 16.4 Å². The van der Waals surface area contributed by atoms with Gasteiger partial charge in [-0.2, -0.15) is 0 Å². The summed E-state index contributed by atoms with van der Waals surface area (Å²) in [7, 11) is 0. The molecule has 0 aliphatic carbocycles. The van der Waals surface area contributed by atoms with E-state index in [9.17, 15) is 0 Å². The van der Waals surface area contributed by atoms with E-state index in [1.54, 1.807) is 0 Å². The van der Waals surface area contributed by atoms with E-state index in [1.807, 2.05) is 54.6 Å². The monoisotopic (exact) mass is 477 g/mol. The van der Waals surface area contributed by atoms with Gasteiger partial charge in [0.15, 0.2) is 0 Å². The van der Waals surface area contributed by atoms with Crippen molar-refractivity contribution in [1.82, 2.24) is 0 Å². The van der Waals surface area contributed by atoms with Crippen molar-refractivity contribution in [1.29, 1.82) is 0 Å². The van der Waals surface area contributed by atoms with Gasteiger partial charge < -0.3 is 16.4 Å². The SMILES string of the molecule is Nc1c(-c2ccccc2)cc(N(c2ccccc2)c2ccccc2)c(N)c1-c1ccc2ccccc2c1. The molecular weight excluding hydrogens is 450 g/mol. The second kappa shape index (κ2) is 9.56. The molecule has 0 unspecified atom stereocenters. The highest BCUT2D eigenvalue weighted by Crippen LogP contribution is 2.48. The van der Waals surface area contributed by atoms with Crippen LogP contribution in [0.2, 0.25) is 0 Å². The van der Waals surface area contributed by atoms with Crippen LogP contribution in [0, 0.1) is 0 Å². The molecule has 0 atom stereocenters. The van der Waals surface area contributed by atoms with Gasteiger partial charge in [-0.05, 0) is 58.3 Å².